The minimum absolute atomic E-state index is 0.195. The Morgan fingerprint density at radius 2 is 2.20 bits per heavy atom. The van der Waals surface area contributed by atoms with Crippen LogP contribution < -0.4 is 0 Å². The topological polar surface area (TPSA) is 81.2 Å². The van der Waals surface area contributed by atoms with E-state index in [2.05, 4.69) is 9.97 Å². The number of carbonyl (C=O) groups is 1. The molecule has 0 aliphatic rings. The first kappa shape index (κ1) is 12.4. The van der Waals surface area contributed by atoms with E-state index in [0.717, 1.165) is 17.0 Å². The summed E-state index contributed by atoms with van der Waals surface area (Å²) in [5.74, 6) is 0.388. The molecule has 0 amide bonds. The van der Waals surface area contributed by atoms with E-state index < -0.39 is 5.97 Å². The van der Waals surface area contributed by atoms with Crippen LogP contribution >= 0.6 is 0 Å². The second-order valence-corrected chi connectivity index (χ2v) is 4.60. The molecule has 0 unspecified atom stereocenters. The van der Waals surface area contributed by atoms with Gasteiger partial charge in [-0.25, -0.2) is 14.8 Å². The van der Waals surface area contributed by atoms with Crippen molar-refractivity contribution in [2.75, 3.05) is 0 Å². The minimum Gasteiger partial charge on any atom is -0.478 e. The highest BCUT2D eigenvalue weighted by molar-refractivity contribution is 6.00. The fraction of sp³-hybridized carbons (Fsp3) is 0.214. The molecular formula is C14H13N3O3. The molecule has 102 valence electrons. The van der Waals surface area contributed by atoms with Crippen LogP contribution in [0.1, 0.15) is 27.7 Å². The molecule has 1 N–H and O–H groups in total. The van der Waals surface area contributed by atoms with Gasteiger partial charge < -0.3 is 14.1 Å². The van der Waals surface area contributed by atoms with Crippen molar-refractivity contribution in [3.63, 3.8) is 0 Å². The molecule has 0 aliphatic heterocycles. The van der Waals surface area contributed by atoms with Gasteiger partial charge in [-0.1, -0.05) is 6.07 Å². The number of nitrogens with zero attached hydrogens (tertiary/aromatic N) is 3. The summed E-state index contributed by atoms with van der Waals surface area (Å²) in [6, 6.07) is 5.08. The Morgan fingerprint density at radius 1 is 1.40 bits per heavy atom. The molecule has 0 aliphatic carbocycles. The molecule has 3 aromatic rings. The zero-order valence-corrected chi connectivity index (χ0v) is 11.1. The number of benzene rings is 1. The number of aromatic carboxylic acids is 1. The predicted molar refractivity (Wildman–Crippen MR) is 71.8 cm³/mol. The van der Waals surface area contributed by atoms with Crippen molar-refractivity contribution in [1.29, 1.82) is 0 Å². The molecular weight excluding hydrogens is 258 g/mol. The highest BCUT2D eigenvalue weighted by Gasteiger charge is 2.14. The highest BCUT2D eigenvalue weighted by Crippen LogP contribution is 2.19. The molecule has 20 heavy (non-hydrogen) atoms. The molecule has 0 atom stereocenters. The maximum atomic E-state index is 11.2. The smallest absolute Gasteiger partial charge is 0.337 e. The average Bonchev–Trinajstić information content (AvgIpc) is 2.94. The van der Waals surface area contributed by atoms with Gasteiger partial charge >= 0.3 is 5.97 Å². The van der Waals surface area contributed by atoms with Crippen LogP contribution in [-0.2, 0) is 6.54 Å². The van der Waals surface area contributed by atoms with Crippen LogP contribution in [0, 0.1) is 13.8 Å². The van der Waals surface area contributed by atoms with Crippen molar-refractivity contribution in [3.8, 4) is 0 Å². The van der Waals surface area contributed by atoms with Crippen molar-refractivity contribution in [2.45, 2.75) is 20.4 Å². The van der Waals surface area contributed by atoms with Gasteiger partial charge in [-0.3, -0.25) is 0 Å². The van der Waals surface area contributed by atoms with Gasteiger partial charge in [0, 0.05) is 0 Å². The fourth-order valence-electron chi connectivity index (χ4n) is 2.14. The summed E-state index contributed by atoms with van der Waals surface area (Å²) in [4.78, 5) is 19.6. The Morgan fingerprint density at radius 3 is 2.85 bits per heavy atom. The molecule has 0 saturated carbocycles. The van der Waals surface area contributed by atoms with Crippen molar-refractivity contribution >= 4 is 17.0 Å². The van der Waals surface area contributed by atoms with Crippen LogP contribution in [0.2, 0.25) is 0 Å². The lowest BCUT2D eigenvalue weighted by Gasteiger charge is -2.01. The lowest BCUT2D eigenvalue weighted by molar-refractivity contribution is 0.0699. The Kier molecular flexibility index (Phi) is 2.78. The van der Waals surface area contributed by atoms with E-state index in [9.17, 15) is 4.79 Å². The Balaban J connectivity index is 2.05. The van der Waals surface area contributed by atoms with Crippen LogP contribution in [0.4, 0.5) is 0 Å². The Labute approximate surface area is 114 Å². The monoisotopic (exact) mass is 271 g/mol. The van der Waals surface area contributed by atoms with Gasteiger partial charge in [-0.05, 0) is 26.0 Å². The average molecular weight is 271 g/mol. The van der Waals surface area contributed by atoms with Crippen LogP contribution in [-0.4, -0.2) is 25.6 Å². The summed E-state index contributed by atoms with van der Waals surface area (Å²) in [5, 5.41) is 9.14. The molecule has 6 nitrogen and oxygen atoms in total. The molecule has 0 bridgehead atoms. The molecule has 0 spiro atoms. The SMILES string of the molecule is Cc1nc(Cn2cnc3c(C(=O)O)cccc32)oc1C. The van der Waals surface area contributed by atoms with Crippen molar-refractivity contribution in [1.82, 2.24) is 14.5 Å². The lowest BCUT2D eigenvalue weighted by atomic mass is 10.2. The Bertz CT molecular complexity index is 782. The molecule has 1 aromatic carbocycles. The van der Waals surface area contributed by atoms with Gasteiger partial charge in [0.2, 0.25) is 5.89 Å². The van der Waals surface area contributed by atoms with Crippen LogP contribution in [0.15, 0.2) is 28.9 Å². The third-order valence-corrected chi connectivity index (χ3v) is 3.26. The summed E-state index contributed by atoms with van der Waals surface area (Å²) in [5.41, 5.74) is 2.27. The molecule has 0 saturated heterocycles. The largest absolute Gasteiger partial charge is 0.478 e. The molecule has 3 rings (SSSR count). The van der Waals surface area contributed by atoms with Gasteiger partial charge in [0.05, 0.1) is 23.1 Å². The molecule has 6 heteroatoms. The van der Waals surface area contributed by atoms with Crippen LogP contribution in [0.25, 0.3) is 11.0 Å². The first-order valence-electron chi connectivity index (χ1n) is 6.16. The molecule has 0 radical (unpaired) electrons. The van der Waals surface area contributed by atoms with E-state index in [1.54, 1.807) is 18.5 Å². The second kappa shape index (κ2) is 4.48. The van der Waals surface area contributed by atoms with Crippen molar-refractivity contribution in [3.05, 3.63) is 47.4 Å². The van der Waals surface area contributed by atoms with E-state index >= 15 is 0 Å². The maximum absolute atomic E-state index is 11.2. The van der Waals surface area contributed by atoms with Gasteiger partial charge in [-0.15, -0.1) is 0 Å². The van der Waals surface area contributed by atoms with Crippen molar-refractivity contribution < 1.29 is 14.3 Å². The first-order valence-corrected chi connectivity index (χ1v) is 6.16. The number of aromatic nitrogens is 3. The van der Waals surface area contributed by atoms with E-state index in [0.29, 0.717) is 18.0 Å². The standard InChI is InChI=1S/C14H13N3O3/c1-8-9(2)20-12(16-8)6-17-7-15-13-10(14(18)19)4-3-5-11(13)17/h3-5,7H,6H2,1-2H3,(H,18,19). The number of rotatable bonds is 3. The molecule has 2 heterocycles. The quantitative estimate of drug-likeness (QED) is 0.791. The molecule has 0 fully saturated rings. The summed E-state index contributed by atoms with van der Waals surface area (Å²) < 4.78 is 7.36. The van der Waals surface area contributed by atoms with Crippen LogP contribution in [0.5, 0.6) is 0 Å². The maximum Gasteiger partial charge on any atom is 0.337 e. The molecule has 2 aromatic heterocycles. The zero-order chi connectivity index (χ0) is 14.3. The number of fused-ring (bicyclic) bond motifs is 1. The normalized spacial score (nSPS) is 11.1. The number of aryl methyl sites for hydroxylation is 2. The number of para-hydroxylation sites is 1. The highest BCUT2D eigenvalue weighted by atomic mass is 16.4. The number of carboxylic acids is 1. The first-order chi connectivity index (χ1) is 9.56. The number of hydrogen-bond donors (Lipinski definition) is 1. The summed E-state index contributed by atoms with van der Waals surface area (Å²) in [7, 11) is 0. The number of oxazole rings is 1. The van der Waals surface area contributed by atoms with E-state index in [1.165, 1.54) is 0 Å². The fourth-order valence-corrected chi connectivity index (χ4v) is 2.14. The number of carboxylic acid groups (broad SMARTS) is 1. The summed E-state index contributed by atoms with van der Waals surface area (Å²) in [6.45, 7) is 4.17. The second-order valence-electron chi connectivity index (χ2n) is 4.60. The van der Waals surface area contributed by atoms with E-state index in [4.69, 9.17) is 9.52 Å². The zero-order valence-electron chi connectivity index (χ0n) is 11.1. The summed E-state index contributed by atoms with van der Waals surface area (Å²) >= 11 is 0. The predicted octanol–water partition coefficient (Wildman–Crippen LogP) is 2.39. The van der Waals surface area contributed by atoms with Crippen molar-refractivity contribution in [2.24, 2.45) is 0 Å². The number of imidazole rings is 1. The Hall–Kier alpha value is -2.63. The minimum atomic E-state index is -0.983. The van der Waals surface area contributed by atoms with E-state index in [-0.39, 0.29) is 5.56 Å². The lowest BCUT2D eigenvalue weighted by Crippen LogP contribution is -2.00. The van der Waals surface area contributed by atoms with Crippen LogP contribution in [0.3, 0.4) is 0 Å². The third-order valence-electron chi connectivity index (χ3n) is 3.26. The number of hydrogen-bond acceptors (Lipinski definition) is 4. The third kappa shape index (κ3) is 1.95. The van der Waals surface area contributed by atoms with Gasteiger partial charge in [-0.2, -0.15) is 0 Å². The van der Waals surface area contributed by atoms with Gasteiger partial charge in [0.25, 0.3) is 0 Å². The van der Waals surface area contributed by atoms with E-state index in [1.807, 2.05) is 24.5 Å². The van der Waals surface area contributed by atoms with Gasteiger partial charge in [0.15, 0.2) is 0 Å². The van der Waals surface area contributed by atoms with Gasteiger partial charge in [0.1, 0.15) is 17.8 Å². The summed E-state index contributed by atoms with van der Waals surface area (Å²) in [6.07, 6.45) is 1.60.